The summed E-state index contributed by atoms with van der Waals surface area (Å²) in [5, 5.41) is 3.15. The van der Waals surface area contributed by atoms with Gasteiger partial charge in [-0.15, -0.1) is 0 Å². The summed E-state index contributed by atoms with van der Waals surface area (Å²) in [5.74, 6) is -0.432. The highest BCUT2D eigenvalue weighted by molar-refractivity contribution is 5.18. The predicted octanol–water partition coefficient (Wildman–Crippen LogP) is 3.10. The Morgan fingerprint density at radius 1 is 1.33 bits per heavy atom. The van der Waals surface area contributed by atoms with Crippen molar-refractivity contribution in [2.24, 2.45) is 5.92 Å². The van der Waals surface area contributed by atoms with Crippen LogP contribution in [0.25, 0.3) is 0 Å². The average Bonchev–Trinajstić information content (AvgIpc) is 2.21. The molecule has 0 radical (unpaired) electrons. The third kappa shape index (κ3) is 3.96. The second-order valence-corrected chi connectivity index (χ2v) is 3.88. The Hall–Kier alpha value is -0.960. The average molecular weight is 213 g/mol. The van der Waals surface area contributed by atoms with Crippen molar-refractivity contribution in [3.05, 3.63) is 35.4 Å². The summed E-state index contributed by atoms with van der Waals surface area (Å²) < 4.78 is 25.8. The van der Waals surface area contributed by atoms with Gasteiger partial charge >= 0.3 is 0 Å². The van der Waals surface area contributed by atoms with E-state index < -0.39 is 11.6 Å². The lowest BCUT2D eigenvalue weighted by Crippen LogP contribution is -2.20. The molecule has 1 aromatic carbocycles. The van der Waals surface area contributed by atoms with Gasteiger partial charge < -0.3 is 5.32 Å². The highest BCUT2D eigenvalue weighted by atomic mass is 19.1. The summed E-state index contributed by atoms with van der Waals surface area (Å²) in [4.78, 5) is 0. The SMILES string of the molecule is CCC(C)CNCc1ccc(F)cc1F. The highest BCUT2D eigenvalue weighted by Gasteiger charge is 2.04. The van der Waals surface area contributed by atoms with Crippen molar-refractivity contribution in [3.63, 3.8) is 0 Å². The summed E-state index contributed by atoms with van der Waals surface area (Å²) in [7, 11) is 0. The molecule has 0 aliphatic heterocycles. The molecule has 1 rings (SSSR count). The van der Waals surface area contributed by atoms with E-state index >= 15 is 0 Å². The topological polar surface area (TPSA) is 12.0 Å². The van der Waals surface area contributed by atoms with Crippen LogP contribution in [0.5, 0.6) is 0 Å². The van der Waals surface area contributed by atoms with Crippen molar-refractivity contribution >= 4 is 0 Å². The molecule has 1 unspecified atom stereocenters. The molecule has 0 spiro atoms. The van der Waals surface area contributed by atoms with E-state index in [0.29, 0.717) is 18.0 Å². The van der Waals surface area contributed by atoms with Crippen LogP contribution < -0.4 is 5.32 Å². The number of halogens is 2. The van der Waals surface area contributed by atoms with Crippen LogP contribution in [0.2, 0.25) is 0 Å². The first-order valence-electron chi connectivity index (χ1n) is 5.28. The smallest absolute Gasteiger partial charge is 0.130 e. The van der Waals surface area contributed by atoms with Crippen molar-refractivity contribution in [2.45, 2.75) is 26.8 Å². The molecule has 1 aromatic rings. The van der Waals surface area contributed by atoms with E-state index in [-0.39, 0.29) is 0 Å². The molecular weight excluding hydrogens is 196 g/mol. The number of hydrogen-bond donors (Lipinski definition) is 1. The Morgan fingerprint density at radius 2 is 2.07 bits per heavy atom. The van der Waals surface area contributed by atoms with Crippen LogP contribution >= 0.6 is 0 Å². The standard InChI is InChI=1S/C12H17F2N/c1-3-9(2)7-15-8-10-4-5-11(13)6-12(10)14/h4-6,9,15H,3,7-8H2,1-2H3. The minimum atomic E-state index is -0.529. The summed E-state index contributed by atoms with van der Waals surface area (Å²) >= 11 is 0. The first kappa shape index (κ1) is 12.1. The molecule has 3 heteroatoms. The van der Waals surface area contributed by atoms with Crippen molar-refractivity contribution in [1.29, 1.82) is 0 Å². The lowest BCUT2D eigenvalue weighted by molar-refractivity contribution is 0.490. The Labute approximate surface area is 89.5 Å². The highest BCUT2D eigenvalue weighted by Crippen LogP contribution is 2.09. The van der Waals surface area contributed by atoms with Gasteiger partial charge in [0.1, 0.15) is 11.6 Å². The van der Waals surface area contributed by atoms with Gasteiger partial charge in [0.15, 0.2) is 0 Å². The lowest BCUT2D eigenvalue weighted by atomic mass is 10.1. The summed E-state index contributed by atoms with van der Waals surface area (Å²) in [6.07, 6.45) is 1.10. The first-order valence-corrected chi connectivity index (χ1v) is 5.28. The van der Waals surface area contributed by atoms with E-state index in [0.717, 1.165) is 19.0 Å². The van der Waals surface area contributed by atoms with Crippen molar-refractivity contribution < 1.29 is 8.78 Å². The van der Waals surface area contributed by atoms with Gasteiger partial charge in [0.25, 0.3) is 0 Å². The van der Waals surface area contributed by atoms with E-state index in [1.54, 1.807) is 0 Å². The van der Waals surface area contributed by atoms with Crippen LogP contribution in [-0.4, -0.2) is 6.54 Å². The number of hydrogen-bond acceptors (Lipinski definition) is 1. The second-order valence-electron chi connectivity index (χ2n) is 3.88. The fourth-order valence-corrected chi connectivity index (χ4v) is 1.26. The molecule has 0 aliphatic carbocycles. The van der Waals surface area contributed by atoms with Gasteiger partial charge in [-0.05, 0) is 18.5 Å². The van der Waals surface area contributed by atoms with Crippen LogP contribution in [0.4, 0.5) is 8.78 Å². The predicted molar refractivity (Wildman–Crippen MR) is 57.5 cm³/mol. The van der Waals surface area contributed by atoms with Gasteiger partial charge in [-0.2, -0.15) is 0 Å². The van der Waals surface area contributed by atoms with Gasteiger partial charge in [0, 0.05) is 18.2 Å². The molecule has 15 heavy (non-hydrogen) atoms. The van der Waals surface area contributed by atoms with Crippen LogP contribution in [0.1, 0.15) is 25.8 Å². The van der Waals surface area contributed by atoms with Crippen LogP contribution in [-0.2, 0) is 6.54 Å². The zero-order chi connectivity index (χ0) is 11.3. The normalized spacial score (nSPS) is 12.8. The van der Waals surface area contributed by atoms with Crippen LogP contribution in [0.15, 0.2) is 18.2 Å². The van der Waals surface area contributed by atoms with Crippen molar-refractivity contribution in [1.82, 2.24) is 5.32 Å². The molecule has 1 N–H and O–H groups in total. The molecule has 0 saturated heterocycles. The molecule has 84 valence electrons. The number of rotatable bonds is 5. The minimum Gasteiger partial charge on any atom is -0.312 e. The van der Waals surface area contributed by atoms with Crippen LogP contribution in [0, 0.1) is 17.6 Å². The Kier molecular flexibility index (Phi) is 4.69. The van der Waals surface area contributed by atoms with E-state index in [2.05, 4.69) is 19.2 Å². The van der Waals surface area contributed by atoms with Gasteiger partial charge in [-0.25, -0.2) is 8.78 Å². The van der Waals surface area contributed by atoms with Gasteiger partial charge in [-0.3, -0.25) is 0 Å². The fourth-order valence-electron chi connectivity index (χ4n) is 1.26. The lowest BCUT2D eigenvalue weighted by Gasteiger charge is -2.10. The molecule has 0 saturated carbocycles. The second kappa shape index (κ2) is 5.81. The summed E-state index contributed by atoms with van der Waals surface area (Å²) in [6.45, 7) is 5.56. The third-order valence-electron chi connectivity index (χ3n) is 2.52. The maximum atomic E-state index is 13.2. The largest absolute Gasteiger partial charge is 0.312 e. The number of benzene rings is 1. The molecule has 0 fully saturated rings. The molecule has 0 heterocycles. The van der Waals surface area contributed by atoms with Crippen molar-refractivity contribution in [2.75, 3.05) is 6.54 Å². The molecule has 0 bridgehead atoms. The zero-order valence-electron chi connectivity index (χ0n) is 9.19. The van der Waals surface area contributed by atoms with Crippen molar-refractivity contribution in [3.8, 4) is 0 Å². The molecule has 0 aromatic heterocycles. The number of nitrogens with one attached hydrogen (secondary N) is 1. The molecule has 1 nitrogen and oxygen atoms in total. The molecular formula is C12H17F2N. The van der Waals surface area contributed by atoms with E-state index in [4.69, 9.17) is 0 Å². The quantitative estimate of drug-likeness (QED) is 0.792. The summed E-state index contributed by atoms with van der Waals surface area (Å²) in [6, 6.07) is 3.68. The van der Waals surface area contributed by atoms with E-state index in [1.165, 1.54) is 12.1 Å². The molecule has 1 atom stereocenters. The van der Waals surface area contributed by atoms with E-state index in [1.807, 2.05) is 0 Å². The minimum absolute atomic E-state index is 0.455. The Bertz CT molecular complexity index is 312. The molecule has 0 aliphatic rings. The van der Waals surface area contributed by atoms with Gasteiger partial charge in [0.2, 0.25) is 0 Å². The Morgan fingerprint density at radius 3 is 2.67 bits per heavy atom. The fraction of sp³-hybridized carbons (Fsp3) is 0.500. The van der Waals surface area contributed by atoms with Gasteiger partial charge in [-0.1, -0.05) is 26.3 Å². The maximum absolute atomic E-state index is 13.2. The monoisotopic (exact) mass is 213 g/mol. The Balaban J connectivity index is 2.44. The van der Waals surface area contributed by atoms with Gasteiger partial charge in [0.05, 0.1) is 0 Å². The zero-order valence-corrected chi connectivity index (χ0v) is 9.19. The molecule has 0 amide bonds. The first-order chi connectivity index (χ1) is 7.13. The van der Waals surface area contributed by atoms with Crippen LogP contribution in [0.3, 0.4) is 0 Å². The van der Waals surface area contributed by atoms with E-state index in [9.17, 15) is 8.78 Å². The summed E-state index contributed by atoms with van der Waals surface area (Å²) in [5.41, 5.74) is 0.514. The third-order valence-corrected chi connectivity index (χ3v) is 2.52. The maximum Gasteiger partial charge on any atom is 0.130 e.